The van der Waals surface area contributed by atoms with Crippen LogP contribution in [0.25, 0.3) is 0 Å². The molecule has 0 spiro atoms. The van der Waals surface area contributed by atoms with Crippen LogP contribution in [0.5, 0.6) is 0 Å². The van der Waals surface area contributed by atoms with Gasteiger partial charge < -0.3 is 15.2 Å². The number of hydrogen-bond donors (Lipinski definition) is 2. The number of fused-ring (bicyclic) bond motifs is 1. The van der Waals surface area contributed by atoms with E-state index in [-0.39, 0.29) is 24.3 Å². The minimum atomic E-state index is -0.396. The molecule has 1 unspecified atom stereocenters. The average molecular weight is 319 g/mol. The quantitative estimate of drug-likeness (QED) is 0.858. The number of carbonyl (C=O) groups is 2. The Morgan fingerprint density at radius 1 is 1.43 bits per heavy atom. The first kappa shape index (κ1) is 16.0. The standard InChI is InChI=1S/C16H25N5O2/c1-11(2)20-8-6-17-16(23)12(20)9-15(22)19-14-10-18-13-5-3-4-7-21(13)14/h10-12H,3-9H2,1-2H3,(H,17,23)(H,19,22). The lowest BCUT2D eigenvalue weighted by Gasteiger charge is -2.37. The fourth-order valence-corrected chi connectivity index (χ4v) is 3.45. The van der Waals surface area contributed by atoms with Crippen molar-refractivity contribution in [3.05, 3.63) is 12.0 Å². The van der Waals surface area contributed by atoms with Gasteiger partial charge in [-0.2, -0.15) is 0 Å². The second-order valence-electron chi connectivity index (χ2n) is 6.56. The highest BCUT2D eigenvalue weighted by Gasteiger charge is 2.33. The van der Waals surface area contributed by atoms with Gasteiger partial charge in [-0.05, 0) is 26.7 Å². The lowest BCUT2D eigenvalue weighted by atomic mass is 10.1. The van der Waals surface area contributed by atoms with Crippen molar-refractivity contribution >= 4 is 17.6 Å². The molecule has 0 saturated carbocycles. The van der Waals surface area contributed by atoms with E-state index < -0.39 is 6.04 Å². The smallest absolute Gasteiger partial charge is 0.237 e. The van der Waals surface area contributed by atoms with Crippen molar-refractivity contribution in [2.45, 2.75) is 58.2 Å². The minimum absolute atomic E-state index is 0.0598. The van der Waals surface area contributed by atoms with Crippen LogP contribution < -0.4 is 10.6 Å². The molecule has 126 valence electrons. The Kier molecular flexibility index (Phi) is 4.66. The summed E-state index contributed by atoms with van der Waals surface area (Å²) in [5.41, 5.74) is 0. The molecule has 23 heavy (non-hydrogen) atoms. The number of imidazole rings is 1. The lowest BCUT2D eigenvalue weighted by molar-refractivity contribution is -0.133. The van der Waals surface area contributed by atoms with Crippen LogP contribution in [0.2, 0.25) is 0 Å². The maximum Gasteiger partial charge on any atom is 0.237 e. The van der Waals surface area contributed by atoms with Crippen molar-refractivity contribution < 1.29 is 9.59 Å². The van der Waals surface area contributed by atoms with Crippen LogP contribution in [-0.2, 0) is 22.6 Å². The molecule has 7 heteroatoms. The Morgan fingerprint density at radius 3 is 3.04 bits per heavy atom. The van der Waals surface area contributed by atoms with E-state index in [1.54, 1.807) is 6.20 Å². The predicted molar refractivity (Wildman–Crippen MR) is 87.1 cm³/mol. The first-order valence-corrected chi connectivity index (χ1v) is 8.44. The molecular formula is C16H25N5O2. The predicted octanol–water partition coefficient (Wildman–Crippen LogP) is 0.757. The van der Waals surface area contributed by atoms with Gasteiger partial charge >= 0.3 is 0 Å². The molecule has 2 aliphatic heterocycles. The zero-order valence-corrected chi connectivity index (χ0v) is 13.8. The van der Waals surface area contributed by atoms with E-state index >= 15 is 0 Å². The molecule has 2 N–H and O–H groups in total. The van der Waals surface area contributed by atoms with Crippen molar-refractivity contribution in [1.82, 2.24) is 19.8 Å². The van der Waals surface area contributed by atoms with E-state index in [0.717, 1.165) is 44.0 Å². The topological polar surface area (TPSA) is 79.3 Å². The summed E-state index contributed by atoms with van der Waals surface area (Å²) in [7, 11) is 0. The van der Waals surface area contributed by atoms with Crippen molar-refractivity contribution in [2.75, 3.05) is 18.4 Å². The van der Waals surface area contributed by atoms with Gasteiger partial charge in [0.1, 0.15) is 11.6 Å². The highest BCUT2D eigenvalue weighted by Crippen LogP contribution is 2.20. The number of amides is 2. The Labute approximate surface area is 136 Å². The molecule has 1 aromatic heterocycles. The molecule has 0 aliphatic carbocycles. The number of nitrogens with zero attached hydrogens (tertiary/aromatic N) is 3. The number of piperazine rings is 1. The number of hydrogen-bond acceptors (Lipinski definition) is 4. The summed E-state index contributed by atoms with van der Waals surface area (Å²) in [5.74, 6) is 1.59. The van der Waals surface area contributed by atoms with Crippen LogP contribution in [0.3, 0.4) is 0 Å². The van der Waals surface area contributed by atoms with Gasteiger partial charge in [0.25, 0.3) is 0 Å². The summed E-state index contributed by atoms with van der Waals surface area (Å²) in [6.07, 6.45) is 5.11. The Hall–Kier alpha value is -1.89. The molecule has 0 bridgehead atoms. The van der Waals surface area contributed by atoms with Crippen LogP contribution >= 0.6 is 0 Å². The summed E-state index contributed by atoms with van der Waals surface area (Å²) in [6.45, 7) is 6.43. The molecule has 0 radical (unpaired) electrons. The number of aromatic nitrogens is 2. The van der Waals surface area contributed by atoms with Gasteiger partial charge in [-0.25, -0.2) is 4.98 Å². The molecule has 3 rings (SSSR count). The van der Waals surface area contributed by atoms with Gasteiger partial charge in [-0.1, -0.05) is 0 Å². The first-order chi connectivity index (χ1) is 11.1. The largest absolute Gasteiger partial charge is 0.353 e. The fourth-order valence-electron chi connectivity index (χ4n) is 3.45. The van der Waals surface area contributed by atoms with Crippen LogP contribution in [0.4, 0.5) is 5.82 Å². The zero-order chi connectivity index (χ0) is 16.4. The molecule has 2 amide bonds. The van der Waals surface area contributed by atoms with E-state index in [2.05, 4.69) is 38.9 Å². The number of carbonyl (C=O) groups excluding carboxylic acids is 2. The van der Waals surface area contributed by atoms with Gasteiger partial charge in [0.05, 0.1) is 18.7 Å². The number of nitrogens with one attached hydrogen (secondary N) is 2. The number of anilines is 1. The van der Waals surface area contributed by atoms with Gasteiger partial charge in [-0.3, -0.25) is 14.5 Å². The number of aryl methyl sites for hydroxylation is 1. The van der Waals surface area contributed by atoms with Gasteiger partial charge in [0.15, 0.2) is 0 Å². The van der Waals surface area contributed by atoms with E-state index in [0.29, 0.717) is 6.54 Å². The Balaban J connectivity index is 1.66. The monoisotopic (exact) mass is 319 g/mol. The summed E-state index contributed by atoms with van der Waals surface area (Å²) < 4.78 is 2.07. The first-order valence-electron chi connectivity index (χ1n) is 8.44. The minimum Gasteiger partial charge on any atom is -0.353 e. The van der Waals surface area contributed by atoms with Gasteiger partial charge in [-0.15, -0.1) is 0 Å². The van der Waals surface area contributed by atoms with Crippen molar-refractivity contribution in [3.63, 3.8) is 0 Å². The highest BCUT2D eigenvalue weighted by molar-refractivity contribution is 5.95. The van der Waals surface area contributed by atoms with Crippen molar-refractivity contribution in [3.8, 4) is 0 Å². The molecule has 1 atom stereocenters. The zero-order valence-electron chi connectivity index (χ0n) is 13.8. The van der Waals surface area contributed by atoms with E-state index in [1.165, 1.54) is 0 Å². The average Bonchev–Trinajstić information content (AvgIpc) is 2.92. The van der Waals surface area contributed by atoms with Crippen LogP contribution in [-0.4, -0.2) is 51.4 Å². The molecule has 1 fully saturated rings. The summed E-state index contributed by atoms with van der Waals surface area (Å²) >= 11 is 0. The Bertz CT molecular complexity index is 595. The summed E-state index contributed by atoms with van der Waals surface area (Å²) in [6, 6.07) is -0.158. The SMILES string of the molecule is CC(C)N1CCNC(=O)C1CC(=O)Nc1cnc2n1CCCC2. The third kappa shape index (κ3) is 3.39. The molecule has 2 aliphatic rings. The van der Waals surface area contributed by atoms with Crippen molar-refractivity contribution in [2.24, 2.45) is 0 Å². The maximum absolute atomic E-state index is 12.4. The molecule has 3 heterocycles. The lowest BCUT2D eigenvalue weighted by Crippen LogP contribution is -2.58. The second-order valence-corrected chi connectivity index (χ2v) is 6.56. The molecule has 7 nitrogen and oxygen atoms in total. The normalized spacial score (nSPS) is 21.9. The summed E-state index contributed by atoms with van der Waals surface area (Å²) in [4.78, 5) is 31.0. The molecule has 0 aromatic carbocycles. The highest BCUT2D eigenvalue weighted by atomic mass is 16.2. The van der Waals surface area contributed by atoms with E-state index in [4.69, 9.17) is 0 Å². The van der Waals surface area contributed by atoms with Crippen molar-refractivity contribution in [1.29, 1.82) is 0 Å². The molecular weight excluding hydrogens is 294 g/mol. The Morgan fingerprint density at radius 2 is 2.26 bits per heavy atom. The summed E-state index contributed by atoms with van der Waals surface area (Å²) in [5, 5.41) is 5.79. The van der Waals surface area contributed by atoms with E-state index in [9.17, 15) is 9.59 Å². The van der Waals surface area contributed by atoms with E-state index in [1.807, 2.05) is 0 Å². The third-order valence-electron chi connectivity index (χ3n) is 4.65. The van der Waals surface area contributed by atoms with Crippen LogP contribution in [0.1, 0.15) is 38.9 Å². The maximum atomic E-state index is 12.4. The number of rotatable bonds is 4. The molecule has 1 aromatic rings. The van der Waals surface area contributed by atoms with Crippen LogP contribution in [0, 0.1) is 0 Å². The second kappa shape index (κ2) is 6.70. The fraction of sp³-hybridized carbons (Fsp3) is 0.688. The van der Waals surface area contributed by atoms with Gasteiger partial charge in [0.2, 0.25) is 11.8 Å². The van der Waals surface area contributed by atoms with Gasteiger partial charge in [0, 0.05) is 32.1 Å². The van der Waals surface area contributed by atoms with Crippen LogP contribution in [0.15, 0.2) is 6.20 Å². The third-order valence-corrected chi connectivity index (χ3v) is 4.65. The molecule has 1 saturated heterocycles.